The Bertz CT molecular complexity index is 5460. The molecule has 3 fully saturated rings. The average Bonchev–Trinajstić information content (AvgIpc) is 1.62. The molecule has 9 atom stereocenters. The summed E-state index contributed by atoms with van der Waals surface area (Å²) < 4.78 is 49.5. The summed E-state index contributed by atoms with van der Waals surface area (Å²) in [5.74, 6) is -6.16. The Balaban J connectivity index is 0.000000131. The topological polar surface area (TPSA) is 265 Å². The van der Waals surface area contributed by atoms with E-state index in [0.29, 0.717) is 38.9 Å². The van der Waals surface area contributed by atoms with E-state index < -0.39 is 35.4 Å². The molecule has 18 rings (SSSR count). The van der Waals surface area contributed by atoms with Gasteiger partial charge >= 0.3 is 17.9 Å². The Morgan fingerprint density at radius 2 is 0.641 bits per heavy atom. The summed E-state index contributed by atoms with van der Waals surface area (Å²) >= 11 is 0. The fraction of sp³-hybridized carbons (Fsp3) is 0.355. The first-order chi connectivity index (χ1) is 56.3. The van der Waals surface area contributed by atoms with E-state index in [4.69, 9.17) is 0 Å². The van der Waals surface area contributed by atoms with Crippen molar-refractivity contribution < 1.29 is 57.3 Å². The molecule has 3 aromatic heterocycles. The molecule has 0 saturated carbocycles. The van der Waals surface area contributed by atoms with Crippen molar-refractivity contribution >= 4 is 68.7 Å². The molecule has 3 N–H and O–H groups in total. The van der Waals surface area contributed by atoms with Gasteiger partial charge in [0.05, 0.1) is 70.6 Å². The highest BCUT2D eigenvalue weighted by atomic mass is 19.1. The molecule has 9 heterocycles. The van der Waals surface area contributed by atoms with E-state index in [1.165, 1.54) is 34.9 Å². The van der Waals surface area contributed by atoms with Gasteiger partial charge in [-0.25, -0.2) is 27.2 Å². The average molecular weight is 1580 g/mol. The Kier molecular flexibility index (Phi) is 21.4. The van der Waals surface area contributed by atoms with Crippen LogP contribution < -0.4 is 0 Å². The second-order valence-electron chi connectivity index (χ2n) is 32.4. The highest BCUT2D eigenvalue weighted by Gasteiger charge is 2.47. The molecule has 6 bridgehead atoms. The lowest BCUT2D eigenvalue weighted by Crippen LogP contribution is -2.42. The molecule has 117 heavy (non-hydrogen) atoms. The Morgan fingerprint density at radius 1 is 0.368 bits per heavy atom. The molecular formula is C93H93F3N12O9. The quantitative estimate of drug-likeness (QED) is 0.0721. The van der Waals surface area contributed by atoms with E-state index in [1.807, 2.05) is 146 Å². The zero-order valence-corrected chi connectivity index (χ0v) is 67.0. The predicted molar refractivity (Wildman–Crippen MR) is 436 cm³/mol. The number of fused-ring (bicyclic) bond motifs is 15. The third-order valence-corrected chi connectivity index (χ3v) is 25.5. The van der Waals surface area contributed by atoms with E-state index in [2.05, 4.69) is 67.3 Å². The van der Waals surface area contributed by atoms with Crippen LogP contribution in [0.1, 0.15) is 246 Å². The van der Waals surface area contributed by atoms with Gasteiger partial charge in [-0.05, 0) is 258 Å². The van der Waals surface area contributed by atoms with Crippen LogP contribution in [0.2, 0.25) is 0 Å². The maximum atomic E-state index is 14.7. The number of halogens is 3. The van der Waals surface area contributed by atoms with Crippen LogP contribution in [-0.2, 0) is 53.3 Å². The summed E-state index contributed by atoms with van der Waals surface area (Å²) in [6.07, 6.45) is 6.88. The molecule has 12 aromatic rings. The lowest BCUT2D eigenvalue weighted by Gasteiger charge is -2.37. The molecule has 3 saturated heterocycles. The second kappa shape index (κ2) is 31.8. The van der Waals surface area contributed by atoms with Gasteiger partial charge in [0.15, 0.2) is 0 Å². The van der Waals surface area contributed by atoms with Gasteiger partial charge in [0.2, 0.25) is 0 Å². The molecule has 0 aliphatic carbocycles. The van der Waals surface area contributed by atoms with Crippen LogP contribution in [0.3, 0.4) is 0 Å². The van der Waals surface area contributed by atoms with Crippen LogP contribution in [-0.4, -0.2) is 129 Å². The number of aliphatic carboxylic acids is 3. The number of carbonyl (C=O) groups excluding carboxylic acids is 3. The zero-order chi connectivity index (χ0) is 82.3. The fourth-order valence-corrected chi connectivity index (χ4v) is 19.8. The minimum atomic E-state index is -0.887. The molecule has 9 aromatic carbocycles. The summed E-state index contributed by atoms with van der Waals surface area (Å²) in [4.78, 5) is 82.5. The Labute approximate surface area is 675 Å². The molecule has 21 nitrogen and oxygen atoms in total. The molecular weight excluding hydrogens is 1490 g/mol. The van der Waals surface area contributed by atoms with E-state index in [1.54, 1.807) is 36.4 Å². The van der Waals surface area contributed by atoms with Crippen LogP contribution in [0, 0.1) is 59.0 Å². The number of hydrogen-bond donors (Lipinski definition) is 3. The van der Waals surface area contributed by atoms with Crippen molar-refractivity contribution in [3.8, 4) is 0 Å². The molecule has 6 aliphatic rings. The largest absolute Gasteiger partial charge is 0.481 e. The lowest BCUT2D eigenvalue weighted by molar-refractivity contribution is -0.138. The number of aryl methyl sites for hydroxylation is 9. The van der Waals surface area contributed by atoms with Crippen LogP contribution in [0.25, 0.3) is 33.1 Å². The number of rotatable bonds is 18. The minimum Gasteiger partial charge on any atom is -0.481 e. The summed E-state index contributed by atoms with van der Waals surface area (Å²) in [5, 5.41) is 55.4. The van der Waals surface area contributed by atoms with Gasteiger partial charge in [-0.15, -0.1) is 15.3 Å². The third-order valence-electron chi connectivity index (χ3n) is 25.5. The predicted octanol–water partition coefficient (Wildman–Crippen LogP) is 17.1. The molecule has 24 heteroatoms. The molecule has 0 unspecified atom stereocenters. The highest BCUT2D eigenvalue weighted by molar-refractivity contribution is 5.97. The number of carboxylic acid groups (broad SMARTS) is 3. The SMILES string of the molecule is CCn1nnc2c(C)c([C@@H](CC(=O)O)c3ccc4c(c3)[C@@H]3CC[C@H](C4)N3C(=O)c3cc(C)ccc3F)ccc21.CCn1nnc2c(C)c([C@@H](CC(=O)O)c3ccc4c(c3)[C@H]3CC[C@@H](C4)N3C(=O)c3cc(C)ccc3F)ccc21.CCn1nnc2c(C)c([C@H](CC(=O)O)c3ccc4c(c3)[C@H]3CC[C@@H](C4)N3C(=O)c3cc(C)ccc3F)ccc21. The van der Waals surface area contributed by atoms with Gasteiger partial charge in [-0.2, -0.15) is 0 Å². The minimum absolute atomic E-state index is 0.0291. The number of aromatic nitrogens is 9. The number of amides is 3. The number of benzene rings is 9. The van der Waals surface area contributed by atoms with Crippen molar-refractivity contribution in [3.05, 3.63) is 280 Å². The van der Waals surface area contributed by atoms with E-state index in [-0.39, 0.29) is 108 Å². The lowest BCUT2D eigenvalue weighted by atomic mass is 9.82. The van der Waals surface area contributed by atoms with Gasteiger partial charge < -0.3 is 30.0 Å². The monoisotopic (exact) mass is 1580 g/mol. The molecule has 3 amide bonds. The molecule has 600 valence electrons. The number of nitrogens with zero attached hydrogens (tertiary/aromatic N) is 12. The first kappa shape index (κ1) is 78.7. The van der Waals surface area contributed by atoms with Crippen molar-refractivity contribution in [2.45, 2.75) is 213 Å². The first-order valence-corrected chi connectivity index (χ1v) is 40.6. The first-order valence-electron chi connectivity index (χ1n) is 40.6. The van der Waals surface area contributed by atoms with Crippen LogP contribution in [0.5, 0.6) is 0 Å². The van der Waals surface area contributed by atoms with Gasteiger partial charge in [0, 0.05) is 55.5 Å². The fourth-order valence-electron chi connectivity index (χ4n) is 19.8. The van der Waals surface area contributed by atoms with Gasteiger partial charge in [-0.3, -0.25) is 28.8 Å². The van der Waals surface area contributed by atoms with Crippen LogP contribution in [0.4, 0.5) is 13.2 Å². The zero-order valence-electron chi connectivity index (χ0n) is 67.0. The van der Waals surface area contributed by atoms with Gasteiger partial charge in [0.1, 0.15) is 34.0 Å². The van der Waals surface area contributed by atoms with Crippen molar-refractivity contribution in [3.63, 3.8) is 0 Å². The van der Waals surface area contributed by atoms with Gasteiger partial charge in [0.25, 0.3) is 17.7 Å². The maximum Gasteiger partial charge on any atom is 0.304 e. The van der Waals surface area contributed by atoms with Gasteiger partial charge in [-0.1, -0.05) is 123 Å². The number of hydrogen-bond acceptors (Lipinski definition) is 12. The van der Waals surface area contributed by atoms with Crippen molar-refractivity contribution in [1.29, 1.82) is 0 Å². The molecule has 6 aliphatic heterocycles. The Morgan fingerprint density at radius 3 is 0.897 bits per heavy atom. The van der Waals surface area contributed by atoms with Crippen molar-refractivity contribution in [1.82, 2.24) is 59.7 Å². The van der Waals surface area contributed by atoms with Crippen LogP contribution >= 0.6 is 0 Å². The van der Waals surface area contributed by atoms with E-state index >= 15 is 0 Å². The number of carbonyl (C=O) groups is 6. The smallest absolute Gasteiger partial charge is 0.304 e. The normalized spacial score (nSPS) is 18.8. The summed E-state index contributed by atoms with van der Waals surface area (Å²) in [6, 6.07) is 44.0. The summed E-state index contributed by atoms with van der Waals surface area (Å²) in [7, 11) is 0. The Hall–Kier alpha value is -12.2. The van der Waals surface area contributed by atoms with Crippen LogP contribution in [0.15, 0.2) is 146 Å². The summed E-state index contributed by atoms with van der Waals surface area (Å²) in [5.41, 5.74) is 22.7. The third kappa shape index (κ3) is 14.5. The molecule has 0 radical (unpaired) electrons. The van der Waals surface area contributed by atoms with Crippen molar-refractivity contribution in [2.24, 2.45) is 0 Å². The molecule has 0 spiro atoms. The maximum absolute atomic E-state index is 14.7. The standard InChI is InChI=1S/3C31H31FN4O3/c3*1-4-35-28-12-9-22(18(3)30(28)33-34-35)23(16-29(37)38)20-7-6-19-14-21-8-11-27(24(19)15-20)36(21)31(39)25-13-17(2)5-10-26(25)32/h3*5-7,9-10,12-13,15,21,23,27H,4,8,11,14,16H2,1-3H3,(H,37,38)/t2*21-,23+,27+;21-,23-,27+/m100/s1. The highest BCUT2D eigenvalue weighted by Crippen LogP contribution is 2.51. The van der Waals surface area contributed by atoms with E-state index in [0.717, 1.165) is 155 Å². The second-order valence-corrected chi connectivity index (χ2v) is 32.4. The van der Waals surface area contributed by atoms with Crippen molar-refractivity contribution in [2.75, 3.05) is 0 Å². The number of carboxylic acids is 3. The van der Waals surface area contributed by atoms with E-state index in [9.17, 15) is 57.3 Å². The summed E-state index contributed by atoms with van der Waals surface area (Å²) in [6.45, 7) is 19.6.